The van der Waals surface area contributed by atoms with Crippen molar-refractivity contribution in [1.82, 2.24) is 19.1 Å². The summed E-state index contributed by atoms with van der Waals surface area (Å²) in [6, 6.07) is 3.63. The number of aromatic nitrogens is 4. The summed E-state index contributed by atoms with van der Waals surface area (Å²) in [5.74, 6) is 0. The Bertz CT molecular complexity index is 1230. The molecule has 1 atom stereocenters. The summed E-state index contributed by atoms with van der Waals surface area (Å²) in [6.45, 7) is 0.418. The topological polar surface area (TPSA) is 141 Å². The van der Waals surface area contributed by atoms with Crippen molar-refractivity contribution in [1.29, 1.82) is 0 Å². The van der Waals surface area contributed by atoms with Crippen LogP contribution in [0, 0.1) is 0 Å². The number of ether oxygens (including phenoxy) is 2. The molecule has 1 unspecified atom stereocenters. The predicted molar refractivity (Wildman–Crippen MR) is 121 cm³/mol. The summed E-state index contributed by atoms with van der Waals surface area (Å²) < 4.78 is 18.2. The molecule has 1 aliphatic rings. The molecule has 3 heterocycles. The lowest BCUT2D eigenvalue weighted by Crippen LogP contribution is -2.22. The number of nitrogens with zero attached hydrogens (tertiary/aromatic N) is 4. The number of hydrogen-bond acceptors (Lipinski definition) is 9. The van der Waals surface area contributed by atoms with Gasteiger partial charge in [0.2, 0.25) is 0 Å². The fourth-order valence-corrected chi connectivity index (χ4v) is 3.78. The Morgan fingerprint density at radius 3 is 2.79 bits per heavy atom. The summed E-state index contributed by atoms with van der Waals surface area (Å²) in [4.78, 5) is 49.2. The molecule has 174 valence electrons. The van der Waals surface area contributed by atoms with Crippen molar-refractivity contribution >= 4 is 24.8 Å². The second-order valence-corrected chi connectivity index (χ2v) is 8.55. The third kappa shape index (κ3) is 5.43. The van der Waals surface area contributed by atoms with Gasteiger partial charge in [-0.3, -0.25) is 18.9 Å². The van der Waals surface area contributed by atoms with Crippen molar-refractivity contribution in [3.8, 4) is 5.69 Å². The van der Waals surface area contributed by atoms with Crippen LogP contribution >= 0.6 is 8.17 Å². The van der Waals surface area contributed by atoms with E-state index in [9.17, 15) is 4.79 Å². The monoisotopic (exact) mass is 475 g/mol. The van der Waals surface area contributed by atoms with Gasteiger partial charge in [0.15, 0.2) is 12.4 Å². The van der Waals surface area contributed by atoms with Crippen molar-refractivity contribution in [3.05, 3.63) is 71.2 Å². The van der Waals surface area contributed by atoms with Gasteiger partial charge in [0.05, 0.1) is 36.6 Å². The van der Waals surface area contributed by atoms with Gasteiger partial charge in [0.1, 0.15) is 6.33 Å². The van der Waals surface area contributed by atoms with Gasteiger partial charge >= 0.3 is 8.17 Å². The van der Waals surface area contributed by atoms with Gasteiger partial charge in [-0.25, -0.2) is 4.98 Å². The lowest BCUT2D eigenvalue weighted by molar-refractivity contribution is 0.0406. The minimum atomic E-state index is -4.51. The van der Waals surface area contributed by atoms with Crippen LogP contribution < -0.4 is 5.56 Å². The van der Waals surface area contributed by atoms with Gasteiger partial charge in [0, 0.05) is 25.1 Å². The van der Waals surface area contributed by atoms with E-state index in [1.54, 1.807) is 30.1 Å². The van der Waals surface area contributed by atoms with E-state index in [4.69, 9.17) is 24.2 Å². The van der Waals surface area contributed by atoms with Crippen LogP contribution in [0.4, 0.5) is 0 Å². The minimum absolute atomic E-state index is 0.0884. The molecule has 3 N–H and O–H groups in total. The van der Waals surface area contributed by atoms with E-state index in [0.717, 1.165) is 15.8 Å². The first-order valence-corrected chi connectivity index (χ1v) is 11.7. The average molecular weight is 475 g/mol. The summed E-state index contributed by atoms with van der Waals surface area (Å²) in [5, 5.41) is 0.317. The van der Waals surface area contributed by atoms with Crippen LogP contribution in [0.15, 0.2) is 60.1 Å². The van der Waals surface area contributed by atoms with Gasteiger partial charge in [0.25, 0.3) is 5.56 Å². The van der Waals surface area contributed by atoms with Crippen LogP contribution in [0.3, 0.4) is 0 Å². The number of fused-ring (bicyclic) bond motifs is 1. The van der Waals surface area contributed by atoms with E-state index in [0.29, 0.717) is 36.2 Å². The Morgan fingerprint density at radius 2 is 2.12 bits per heavy atom. The molecule has 3 aromatic rings. The maximum absolute atomic E-state index is 13.3. The molecule has 0 saturated heterocycles. The second-order valence-electron chi connectivity index (χ2n) is 7.27. The van der Waals surface area contributed by atoms with Gasteiger partial charge in [-0.05, 0) is 24.1 Å². The zero-order chi connectivity index (χ0) is 23.4. The molecule has 0 spiro atoms. The normalized spacial score (nSPS) is 16.4. The van der Waals surface area contributed by atoms with Gasteiger partial charge in [-0.1, -0.05) is 18.2 Å². The first kappa shape index (κ1) is 23.4. The Balaban J connectivity index is 1.75. The molecular formula is C21H24N4O7P+. The van der Waals surface area contributed by atoms with E-state index >= 15 is 0 Å². The number of pyridine rings is 1. The summed E-state index contributed by atoms with van der Waals surface area (Å²) in [5.41, 5.74) is 2.14. The van der Waals surface area contributed by atoms with Crippen molar-refractivity contribution in [2.45, 2.75) is 19.3 Å². The largest absolute Gasteiger partial charge is 0.569 e. The van der Waals surface area contributed by atoms with Gasteiger partial charge in [-0.15, -0.1) is 4.52 Å². The van der Waals surface area contributed by atoms with E-state index < -0.39 is 20.5 Å². The second kappa shape index (κ2) is 10.0. The summed E-state index contributed by atoms with van der Waals surface area (Å²) in [6.07, 6.45) is 12.7. The van der Waals surface area contributed by atoms with Crippen molar-refractivity contribution in [3.63, 3.8) is 0 Å². The third-order valence-corrected chi connectivity index (χ3v) is 5.52. The van der Waals surface area contributed by atoms with Crippen molar-refractivity contribution in [2.24, 2.45) is 0 Å². The Labute approximate surface area is 189 Å². The zero-order valence-corrected chi connectivity index (χ0v) is 18.7. The number of allylic oxidation sites excluding steroid dienone is 2. The average Bonchev–Trinajstić information content (AvgIpc) is 3.20. The van der Waals surface area contributed by atoms with Crippen LogP contribution in [0.1, 0.15) is 12.0 Å². The molecular weight excluding hydrogens is 451 g/mol. The molecule has 4 rings (SSSR count). The Hall–Kier alpha value is -2.76. The number of methoxy groups -OCH3 is 1. The maximum Gasteiger partial charge on any atom is 0.569 e. The molecule has 3 aromatic heterocycles. The lowest BCUT2D eigenvalue weighted by Gasteiger charge is -2.16. The molecule has 0 amide bonds. The molecule has 0 bridgehead atoms. The number of hydrogen-bond donors (Lipinski definition) is 3. The molecule has 0 aliphatic heterocycles. The van der Waals surface area contributed by atoms with Crippen LogP contribution in [-0.4, -0.2) is 60.2 Å². The molecule has 12 heteroatoms. The first-order valence-electron chi connectivity index (χ1n) is 10.1. The highest BCUT2D eigenvalue weighted by Gasteiger charge is 2.33. The molecule has 0 fully saturated rings. The van der Waals surface area contributed by atoms with E-state index in [1.807, 2.05) is 30.5 Å². The summed E-state index contributed by atoms with van der Waals surface area (Å²) in [7, 11) is -2.89. The fourth-order valence-electron chi connectivity index (χ4n) is 3.50. The molecule has 0 aromatic carbocycles. The molecule has 0 saturated carbocycles. The lowest BCUT2D eigenvalue weighted by atomic mass is 9.98. The smallest absolute Gasteiger partial charge is 0.382 e. The van der Waals surface area contributed by atoms with Crippen LogP contribution in [-0.2, 0) is 20.7 Å². The van der Waals surface area contributed by atoms with Crippen LogP contribution in [0.25, 0.3) is 22.3 Å². The molecule has 1 aliphatic carbocycles. The van der Waals surface area contributed by atoms with E-state index in [2.05, 4.69) is 14.5 Å². The quantitative estimate of drug-likeness (QED) is 0.311. The zero-order valence-electron chi connectivity index (χ0n) is 17.8. The molecule has 33 heavy (non-hydrogen) atoms. The van der Waals surface area contributed by atoms with Crippen LogP contribution in [0.2, 0.25) is 0 Å². The van der Waals surface area contributed by atoms with Gasteiger partial charge < -0.3 is 9.47 Å². The van der Waals surface area contributed by atoms with Crippen molar-refractivity contribution < 1.29 is 28.7 Å². The number of rotatable bonds is 9. The highest BCUT2D eigenvalue weighted by Crippen LogP contribution is 2.45. The van der Waals surface area contributed by atoms with E-state index in [1.165, 1.54) is 6.33 Å². The SMILES string of the molecule is COCCOC1C=CC(c2cn(-c3cccnc3)c3ncn(CO[P+](O)(O)O)c(=O)c23)=CC1. The summed E-state index contributed by atoms with van der Waals surface area (Å²) >= 11 is 0. The standard InChI is InChI=1S/C21H24N4O7P/c1-30-9-10-31-17-6-4-15(5-7-17)18-12-25(16-3-2-8-22-11-16)20-19(18)21(26)24(13-23-20)14-32-33(27,28)29/h2-6,8,11-13,17,27-29H,7,9-10,14H2,1H3/q+1. The highest BCUT2D eigenvalue weighted by atomic mass is 31.2. The highest BCUT2D eigenvalue weighted by molar-refractivity contribution is 7.53. The fraction of sp³-hybridized carbons (Fsp3) is 0.286. The minimum Gasteiger partial charge on any atom is -0.382 e. The van der Waals surface area contributed by atoms with Crippen molar-refractivity contribution in [2.75, 3.05) is 20.3 Å². The van der Waals surface area contributed by atoms with Gasteiger partial charge in [-0.2, -0.15) is 14.7 Å². The Kier molecular flexibility index (Phi) is 7.11. The molecule has 0 radical (unpaired) electrons. The Morgan fingerprint density at radius 1 is 1.27 bits per heavy atom. The third-order valence-electron chi connectivity index (χ3n) is 5.06. The first-order chi connectivity index (χ1) is 15.9. The maximum atomic E-state index is 13.3. The van der Waals surface area contributed by atoms with Crippen LogP contribution in [0.5, 0.6) is 0 Å². The molecule has 11 nitrogen and oxygen atoms in total. The predicted octanol–water partition coefficient (Wildman–Crippen LogP) is 1.59. The van der Waals surface area contributed by atoms with E-state index in [-0.39, 0.29) is 6.10 Å².